The van der Waals surface area contributed by atoms with Crippen molar-refractivity contribution in [3.05, 3.63) is 65.2 Å². The molecular formula is C15H14N4OS. The zero-order chi connectivity index (χ0) is 14.7. The molecule has 0 bridgehead atoms. The van der Waals surface area contributed by atoms with E-state index in [1.165, 1.54) is 11.3 Å². The molecule has 1 amide bonds. The number of hydrogen-bond donors (Lipinski definition) is 1. The molecule has 0 aliphatic carbocycles. The fourth-order valence-electron chi connectivity index (χ4n) is 1.93. The average Bonchev–Trinajstić information content (AvgIpc) is 3.15. The number of carbonyl (C=O) groups is 1. The summed E-state index contributed by atoms with van der Waals surface area (Å²) < 4.78 is 1.90. The van der Waals surface area contributed by atoms with E-state index in [1.54, 1.807) is 12.4 Å². The van der Waals surface area contributed by atoms with Crippen molar-refractivity contribution in [2.24, 2.45) is 0 Å². The molecule has 0 unspecified atom stereocenters. The molecule has 0 atom stereocenters. The summed E-state index contributed by atoms with van der Waals surface area (Å²) in [6.45, 7) is 2.31. The van der Waals surface area contributed by atoms with Gasteiger partial charge in [-0.3, -0.25) is 9.78 Å². The normalized spacial score (nSPS) is 10.5. The van der Waals surface area contributed by atoms with Gasteiger partial charge in [0.1, 0.15) is 4.88 Å². The number of aryl methyl sites for hydroxylation is 1. The minimum absolute atomic E-state index is 0.104. The Morgan fingerprint density at radius 3 is 2.86 bits per heavy atom. The Labute approximate surface area is 126 Å². The second kappa shape index (κ2) is 5.88. The summed E-state index contributed by atoms with van der Waals surface area (Å²) in [4.78, 5) is 21.4. The van der Waals surface area contributed by atoms with Gasteiger partial charge in [-0.25, -0.2) is 4.98 Å². The third-order valence-electron chi connectivity index (χ3n) is 2.99. The van der Waals surface area contributed by atoms with Gasteiger partial charge in [0.05, 0.1) is 5.69 Å². The van der Waals surface area contributed by atoms with Crippen LogP contribution in [0.4, 0.5) is 0 Å². The standard InChI is InChI=1S/C15H14N4OS/c1-11-13(21-15(18-11)19-7-2-3-8-19)14(20)17-10-12-5-4-6-16-9-12/h2-9H,10H2,1H3,(H,17,20). The van der Waals surface area contributed by atoms with Crippen LogP contribution in [0.15, 0.2) is 49.1 Å². The van der Waals surface area contributed by atoms with Gasteiger partial charge < -0.3 is 9.88 Å². The third kappa shape index (κ3) is 3.00. The topological polar surface area (TPSA) is 59.8 Å². The molecule has 3 aromatic heterocycles. The van der Waals surface area contributed by atoms with Crippen LogP contribution in [0.25, 0.3) is 5.13 Å². The van der Waals surface area contributed by atoms with E-state index in [2.05, 4.69) is 15.3 Å². The van der Waals surface area contributed by atoms with E-state index in [0.717, 1.165) is 16.4 Å². The quantitative estimate of drug-likeness (QED) is 0.805. The third-order valence-corrected chi connectivity index (χ3v) is 4.16. The maximum Gasteiger partial charge on any atom is 0.263 e. The number of thiazole rings is 1. The average molecular weight is 298 g/mol. The van der Waals surface area contributed by atoms with Gasteiger partial charge in [-0.15, -0.1) is 0 Å². The number of amides is 1. The molecule has 0 aliphatic heterocycles. The van der Waals surface area contributed by atoms with Crippen LogP contribution in [0.5, 0.6) is 0 Å². The van der Waals surface area contributed by atoms with E-state index in [9.17, 15) is 4.79 Å². The number of carbonyl (C=O) groups excluding carboxylic acids is 1. The van der Waals surface area contributed by atoms with Crippen LogP contribution in [0.2, 0.25) is 0 Å². The van der Waals surface area contributed by atoms with Crippen LogP contribution < -0.4 is 5.32 Å². The zero-order valence-corrected chi connectivity index (χ0v) is 12.3. The summed E-state index contributed by atoms with van der Waals surface area (Å²) in [5.41, 5.74) is 1.71. The van der Waals surface area contributed by atoms with Crippen LogP contribution in [0, 0.1) is 6.92 Å². The van der Waals surface area contributed by atoms with Gasteiger partial charge in [0.25, 0.3) is 5.91 Å². The van der Waals surface area contributed by atoms with Crippen molar-refractivity contribution in [3.63, 3.8) is 0 Å². The predicted molar refractivity (Wildman–Crippen MR) is 81.6 cm³/mol. The number of hydrogen-bond acceptors (Lipinski definition) is 4. The fourth-order valence-corrected chi connectivity index (χ4v) is 2.88. The Morgan fingerprint density at radius 2 is 2.14 bits per heavy atom. The molecule has 0 spiro atoms. The van der Waals surface area contributed by atoms with Gasteiger partial charge in [0.2, 0.25) is 0 Å². The summed E-state index contributed by atoms with van der Waals surface area (Å²) in [7, 11) is 0. The van der Waals surface area contributed by atoms with Gasteiger partial charge >= 0.3 is 0 Å². The van der Waals surface area contributed by atoms with Crippen LogP contribution in [0.1, 0.15) is 20.9 Å². The van der Waals surface area contributed by atoms with E-state index < -0.39 is 0 Å². The van der Waals surface area contributed by atoms with Crippen molar-refractivity contribution in [2.45, 2.75) is 13.5 Å². The second-order valence-corrected chi connectivity index (χ2v) is 5.52. The van der Waals surface area contributed by atoms with E-state index >= 15 is 0 Å². The van der Waals surface area contributed by atoms with Gasteiger partial charge in [-0.1, -0.05) is 17.4 Å². The zero-order valence-electron chi connectivity index (χ0n) is 11.5. The highest BCUT2D eigenvalue weighted by atomic mass is 32.1. The first-order chi connectivity index (χ1) is 10.2. The molecular weight excluding hydrogens is 284 g/mol. The van der Waals surface area contributed by atoms with E-state index in [0.29, 0.717) is 11.4 Å². The van der Waals surface area contributed by atoms with Crippen LogP contribution in [-0.2, 0) is 6.54 Å². The van der Waals surface area contributed by atoms with Gasteiger partial charge in [0.15, 0.2) is 5.13 Å². The molecule has 0 saturated carbocycles. The van der Waals surface area contributed by atoms with Crippen molar-refractivity contribution >= 4 is 17.2 Å². The van der Waals surface area contributed by atoms with Crippen molar-refractivity contribution in [1.29, 1.82) is 0 Å². The first-order valence-electron chi connectivity index (χ1n) is 6.52. The van der Waals surface area contributed by atoms with E-state index in [1.807, 2.05) is 48.1 Å². The molecule has 21 heavy (non-hydrogen) atoms. The molecule has 3 heterocycles. The van der Waals surface area contributed by atoms with Gasteiger partial charge in [0, 0.05) is 31.3 Å². The highest BCUT2D eigenvalue weighted by molar-refractivity contribution is 7.16. The largest absolute Gasteiger partial charge is 0.347 e. The second-order valence-electron chi connectivity index (χ2n) is 4.55. The Morgan fingerprint density at radius 1 is 1.33 bits per heavy atom. The number of nitrogens with zero attached hydrogens (tertiary/aromatic N) is 3. The van der Waals surface area contributed by atoms with Crippen molar-refractivity contribution in [2.75, 3.05) is 0 Å². The molecule has 3 rings (SSSR count). The van der Waals surface area contributed by atoms with Crippen LogP contribution >= 0.6 is 11.3 Å². The smallest absolute Gasteiger partial charge is 0.263 e. The predicted octanol–water partition coefficient (Wildman–Crippen LogP) is 2.57. The maximum atomic E-state index is 12.3. The first-order valence-corrected chi connectivity index (χ1v) is 7.33. The van der Waals surface area contributed by atoms with Gasteiger partial charge in [-0.2, -0.15) is 0 Å². The maximum absolute atomic E-state index is 12.3. The molecule has 0 aromatic carbocycles. The Balaban J connectivity index is 1.73. The van der Waals surface area contributed by atoms with Crippen molar-refractivity contribution in [1.82, 2.24) is 19.9 Å². The van der Waals surface area contributed by atoms with Gasteiger partial charge in [-0.05, 0) is 30.7 Å². The lowest BCUT2D eigenvalue weighted by Gasteiger charge is -2.03. The number of aromatic nitrogens is 3. The Hall–Kier alpha value is -2.47. The SMILES string of the molecule is Cc1nc(-n2cccc2)sc1C(=O)NCc1cccnc1. The fraction of sp³-hybridized carbons (Fsp3) is 0.133. The first kappa shape index (κ1) is 13.5. The van der Waals surface area contributed by atoms with Crippen LogP contribution in [0.3, 0.4) is 0 Å². The summed E-state index contributed by atoms with van der Waals surface area (Å²) in [5, 5.41) is 3.69. The van der Waals surface area contributed by atoms with E-state index in [-0.39, 0.29) is 5.91 Å². The minimum atomic E-state index is -0.104. The molecule has 0 aliphatic rings. The lowest BCUT2D eigenvalue weighted by molar-refractivity contribution is 0.0954. The molecule has 5 nitrogen and oxygen atoms in total. The molecule has 0 radical (unpaired) electrons. The number of rotatable bonds is 4. The molecule has 6 heteroatoms. The number of nitrogens with one attached hydrogen (secondary N) is 1. The van der Waals surface area contributed by atoms with Crippen molar-refractivity contribution < 1.29 is 4.79 Å². The lowest BCUT2D eigenvalue weighted by Crippen LogP contribution is -2.22. The molecule has 1 N–H and O–H groups in total. The Kier molecular flexibility index (Phi) is 3.79. The summed E-state index contributed by atoms with van der Waals surface area (Å²) >= 11 is 1.38. The molecule has 0 fully saturated rings. The highest BCUT2D eigenvalue weighted by Gasteiger charge is 2.15. The highest BCUT2D eigenvalue weighted by Crippen LogP contribution is 2.21. The molecule has 0 saturated heterocycles. The monoisotopic (exact) mass is 298 g/mol. The Bertz CT molecular complexity index is 734. The van der Waals surface area contributed by atoms with E-state index in [4.69, 9.17) is 0 Å². The summed E-state index contributed by atoms with van der Waals surface area (Å²) in [5.74, 6) is -0.104. The summed E-state index contributed by atoms with van der Waals surface area (Å²) in [6, 6.07) is 7.64. The van der Waals surface area contributed by atoms with Crippen LogP contribution in [-0.4, -0.2) is 20.4 Å². The van der Waals surface area contributed by atoms with Crippen molar-refractivity contribution in [3.8, 4) is 5.13 Å². The summed E-state index contributed by atoms with van der Waals surface area (Å²) in [6.07, 6.45) is 7.28. The molecule has 106 valence electrons. The lowest BCUT2D eigenvalue weighted by atomic mass is 10.3. The number of pyridine rings is 1. The molecule has 3 aromatic rings. The minimum Gasteiger partial charge on any atom is -0.347 e.